The maximum Gasteiger partial charge on any atom is 0.310 e. The minimum Gasteiger partial charge on any atom is -0.423 e. The summed E-state index contributed by atoms with van der Waals surface area (Å²) in [6, 6.07) is 4.60. The first-order valence-corrected chi connectivity index (χ1v) is 5.26. The Bertz CT molecular complexity index is 461. The Hall–Kier alpha value is -1.55. The molecule has 1 aromatic heterocycles. The first-order valence-electron chi connectivity index (χ1n) is 5.26. The largest absolute Gasteiger partial charge is 0.423 e. The molecular weight excluding hydrogens is 190 g/mol. The van der Waals surface area contributed by atoms with Gasteiger partial charge in [0, 0.05) is 0 Å². The highest BCUT2D eigenvalue weighted by Gasteiger charge is 2.13. The highest BCUT2D eigenvalue weighted by atomic mass is 16.4. The summed E-state index contributed by atoms with van der Waals surface area (Å²) in [5.41, 5.74) is 6.95. The van der Waals surface area contributed by atoms with Crippen LogP contribution >= 0.6 is 0 Å². The molecule has 1 heterocycles. The Labute approximate surface area is 87.4 Å². The molecule has 0 atom stereocenters. The first-order chi connectivity index (χ1) is 7.36. The fraction of sp³-hybridized carbons (Fsp3) is 0.364. The van der Waals surface area contributed by atoms with Gasteiger partial charge in [0.15, 0.2) is 5.58 Å². The van der Waals surface area contributed by atoms with Crippen LogP contribution in [0.3, 0.4) is 0 Å². The van der Waals surface area contributed by atoms with Crippen LogP contribution in [0.1, 0.15) is 24.0 Å². The van der Waals surface area contributed by atoms with Crippen LogP contribution in [0.4, 0.5) is 6.01 Å². The van der Waals surface area contributed by atoms with Crippen molar-refractivity contribution < 1.29 is 4.42 Å². The number of oxazole rings is 1. The lowest BCUT2D eigenvalue weighted by Crippen LogP contribution is -2.06. The quantitative estimate of drug-likeness (QED) is 0.549. The minimum atomic E-state index is 0.382. The molecule has 15 heavy (non-hydrogen) atoms. The molecule has 0 radical (unpaired) electrons. The van der Waals surface area contributed by atoms with Gasteiger partial charge >= 0.3 is 6.01 Å². The van der Waals surface area contributed by atoms with Crippen molar-refractivity contribution in [1.82, 2.24) is 4.98 Å². The topological polar surface area (TPSA) is 64.1 Å². The Kier molecular flexibility index (Phi) is 1.89. The van der Waals surface area contributed by atoms with Gasteiger partial charge in [0.25, 0.3) is 0 Å². The number of aromatic nitrogens is 1. The fourth-order valence-electron chi connectivity index (χ4n) is 2.22. The van der Waals surface area contributed by atoms with Crippen LogP contribution in [0.15, 0.2) is 16.5 Å². The number of nitrogen functional groups attached to an aromatic ring is 1. The summed E-state index contributed by atoms with van der Waals surface area (Å²) in [4.78, 5) is 4.24. The highest BCUT2D eigenvalue weighted by molar-refractivity contribution is 5.76. The zero-order chi connectivity index (χ0) is 10.3. The number of rotatable bonds is 1. The van der Waals surface area contributed by atoms with Gasteiger partial charge in [-0.2, -0.15) is 4.98 Å². The van der Waals surface area contributed by atoms with Crippen LogP contribution in [-0.2, 0) is 12.8 Å². The van der Waals surface area contributed by atoms with E-state index in [9.17, 15) is 0 Å². The van der Waals surface area contributed by atoms with Crippen molar-refractivity contribution in [3.05, 3.63) is 23.3 Å². The maximum atomic E-state index is 5.44. The van der Waals surface area contributed by atoms with E-state index in [1.165, 1.54) is 24.0 Å². The molecule has 0 saturated carbocycles. The first kappa shape index (κ1) is 8.73. The molecule has 0 saturated heterocycles. The van der Waals surface area contributed by atoms with E-state index >= 15 is 0 Å². The van der Waals surface area contributed by atoms with Crippen molar-refractivity contribution in [2.75, 3.05) is 5.43 Å². The SMILES string of the molecule is NNc1nc2cc3c(cc2o1)CCCC3. The van der Waals surface area contributed by atoms with Gasteiger partial charge in [0.1, 0.15) is 5.52 Å². The summed E-state index contributed by atoms with van der Waals surface area (Å²) in [6.45, 7) is 0. The maximum absolute atomic E-state index is 5.44. The van der Waals surface area contributed by atoms with E-state index in [-0.39, 0.29) is 0 Å². The zero-order valence-corrected chi connectivity index (χ0v) is 8.42. The highest BCUT2D eigenvalue weighted by Crippen LogP contribution is 2.27. The molecule has 0 amide bonds. The average molecular weight is 203 g/mol. The third kappa shape index (κ3) is 1.37. The molecule has 1 aliphatic rings. The Morgan fingerprint density at radius 1 is 1.20 bits per heavy atom. The molecule has 0 spiro atoms. The molecule has 4 heteroatoms. The molecule has 0 aliphatic heterocycles. The van der Waals surface area contributed by atoms with Crippen LogP contribution in [0, 0.1) is 0 Å². The van der Waals surface area contributed by atoms with Gasteiger partial charge in [-0.25, -0.2) is 5.84 Å². The van der Waals surface area contributed by atoms with E-state index in [0.717, 1.165) is 23.9 Å². The van der Waals surface area contributed by atoms with Gasteiger partial charge in [0.05, 0.1) is 0 Å². The molecule has 2 aromatic rings. The standard InChI is InChI=1S/C11H13N3O/c12-14-11-13-9-5-7-3-1-2-4-8(7)6-10(9)15-11/h5-6H,1-4,12H2,(H,13,14). The van der Waals surface area contributed by atoms with Crippen LogP contribution in [0.5, 0.6) is 0 Å². The number of nitrogens with two attached hydrogens (primary N) is 1. The third-order valence-electron chi connectivity index (χ3n) is 2.98. The minimum absolute atomic E-state index is 0.382. The van der Waals surface area contributed by atoms with Crippen molar-refractivity contribution in [3.8, 4) is 0 Å². The second-order valence-corrected chi connectivity index (χ2v) is 3.96. The number of hydrogen-bond acceptors (Lipinski definition) is 4. The number of hydrazine groups is 1. The summed E-state index contributed by atoms with van der Waals surface area (Å²) >= 11 is 0. The number of anilines is 1. The lowest BCUT2D eigenvalue weighted by molar-refractivity contribution is 0.614. The number of hydrogen-bond donors (Lipinski definition) is 2. The Morgan fingerprint density at radius 2 is 1.93 bits per heavy atom. The molecule has 1 aliphatic carbocycles. The number of aryl methyl sites for hydroxylation is 2. The predicted octanol–water partition coefficient (Wildman–Crippen LogP) is 1.99. The second kappa shape index (κ2) is 3.24. The molecule has 1 aromatic carbocycles. The van der Waals surface area contributed by atoms with E-state index in [1.54, 1.807) is 0 Å². The fourth-order valence-corrected chi connectivity index (χ4v) is 2.22. The summed E-state index contributed by atoms with van der Waals surface area (Å²) in [6.07, 6.45) is 4.86. The molecule has 0 fully saturated rings. The number of nitrogens with zero attached hydrogens (tertiary/aromatic N) is 1. The normalized spacial score (nSPS) is 15.3. The zero-order valence-electron chi connectivity index (χ0n) is 8.42. The van der Waals surface area contributed by atoms with E-state index < -0.39 is 0 Å². The van der Waals surface area contributed by atoms with Crippen LogP contribution < -0.4 is 11.3 Å². The van der Waals surface area contributed by atoms with Gasteiger partial charge in [0.2, 0.25) is 0 Å². The summed E-state index contributed by atoms with van der Waals surface area (Å²) < 4.78 is 5.44. The summed E-state index contributed by atoms with van der Waals surface area (Å²) in [5, 5.41) is 0. The summed E-state index contributed by atoms with van der Waals surface area (Å²) in [5.74, 6) is 5.26. The lowest BCUT2D eigenvalue weighted by atomic mass is 9.91. The molecule has 0 unspecified atom stereocenters. The third-order valence-corrected chi connectivity index (χ3v) is 2.98. The Morgan fingerprint density at radius 3 is 2.67 bits per heavy atom. The molecule has 0 bridgehead atoms. The van der Waals surface area contributed by atoms with Crippen LogP contribution in [-0.4, -0.2) is 4.98 Å². The molecule has 3 rings (SSSR count). The van der Waals surface area contributed by atoms with Gasteiger partial charge in [-0.15, -0.1) is 0 Å². The smallest absolute Gasteiger partial charge is 0.310 e. The van der Waals surface area contributed by atoms with Crippen molar-refractivity contribution in [2.45, 2.75) is 25.7 Å². The number of benzene rings is 1. The molecular formula is C11H13N3O. The predicted molar refractivity (Wildman–Crippen MR) is 58.5 cm³/mol. The average Bonchev–Trinajstić information content (AvgIpc) is 2.67. The summed E-state index contributed by atoms with van der Waals surface area (Å²) in [7, 11) is 0. The van der Waals surface area contributed by atoms with E-state index in [2.05, 4.69) is 22.5 Å². The van der Waals surface area contributed by atoms with Gasteiger partial charge < -0.3 is 4.42 Å². The second-order valence-electron chi connectivity index (χ2n) is 3.96. The van der Waals surface area contributed by atoms with Crippen LogP contribution in [0.25, 0.3) is 11.1 Å². The van der Waals surface area contributed by atoms with E-state index in [1.807, 2.05) is 0 Å². The van der Waals surface area contributed by atoms with E-state index in [0.29, 0.717) is 6.01 Å². The molecule has 4 nitrogen and oxygen atoms in total. The Balaban J connectivity index is 2.19. The monoisotopic (exact) mass is 203 g/mol. The molecule has 78 valence electrons. The van der Waals surface area contributed by atoms with Crippen LogP contribution in [0.2, 0.25) is 0 Å². The van der Waals surface area contributed by atoms with Crippen molar-refractivity contribution in [3.63, 3.8) is 0 Å². The number of nitrogens with one attached hydrogen (secondary N) is 1. The molecule has 3 N–H and O–H groups in total. The van der Waals surface area contributed by atoms with E-state index in [4.69, 9.17) is 10.3 Å². The van der Waals surface area contributed by atoms with Crippen molar-refractivity contribution in [2.24, 2.45) is 5.84 Å². The number of fused-ring (bicyclic) bond motifs is 2. The van der Waals surface area contributed by atoms with Gasteiger partial charge in [-0.1, -0.05) is 0 Å². The van der Waals surface area contributed by atoms with Crippen molar-refractivity contribution >= 4 is 17.1 Å². The van der Waals surface area contributed by atoms with Crippen molar-refractivity contribution in [1.29, 1.82) is 0 Å². The lowest BCUT2D eigenvalue weighted by Gasteiger charge is -2.14. The van der Waals surface area contributed by atoms with Gasteiger partial charge in [-0.05, 0) is 48.9 Å². The van der Waals surface area contributed by atoms with Gasteiger partial charge in [-0.3, -0.25) is 5.43 Å².